The molecule has 0 aromatic heterocycles. The monoisotopic (exact) mass is 332 g/mol. The van der Waals surface area contributed by atoms with Gasteiger partial charge in [0.15, 0.2) is 0 Å². The molecule has 1 aromatic carbocycles. The van der Waals surface area contributed by atoms with Crippen LogP contribution in [0.15, 0.2) is 30.3 Å². The molecule has 5 heteroatoms. The van der Waals surface area contributed by atoms with Crippen molar-refractivity contribution < 1.29 is 14.3 Å². The lowest BCUT2D eigenvalue weighted by Crippen LogP contribution is -2.48. The summed E-state index contributed by atoms with van der Waals surface area (Å²) in [7, 11) is 2.18. The normalized spacial score (nSPS) is 24.5. The number of carbonyl (C=O) groups excluding carboxylic acids is 1. The van der Waals surface area contributed by atoms with Gasteiger partial charge >= 0.3 is 0 Å². The Kier molecular flexibility index (Phi) is 6.10. The quantitative estimate of drug-likeness (QED) is 0.718. The molecular formula is C19H28N2O3. The van der Waals surface area contributed by atoms with Gasteiger partial charge in [0.25, 0.3) is 0 Å². The Hall–Kier alpha value is -1.59. The molecule has 2 saturated heterocycles. The maximum atomic E-state index is 12.5. The van der Waals surface area contributed by atoms with Crippen molar-refractivity contribution in [1.82, 2.24) is 9.80 Å². The first-order valence-corrected chi connectivity index (χ1v) is 9.01. The lowest BCUT2D eigenvalue weighted by molar-refractivity contribution is -0.138. The standard InChI is InChI=1S/C19H28N2O3/c1-20-11-5-9-17(20)18-10-6-12-21(18)19(22)15-23-13-14-24-16-7-3-2-4-8-16/h2-4,7-8,17-18H,5-6,9-15H2,1H3. The van der Waals surface area contributed by atoms with Crippen LogP contribution in [0.3, 0.4) is 0 Å². The van der Waals surface area contributed by atoms with Crippen LogP contribution >= 0.6 is 0 Å². The van der Waals surface area contributed by atoms with Crippen molar-refractivity contribution in [1.29, 1.82) is 0 Å². The smallest absolute Gasteiger partial charge is 0.248 e. The number of likely N-dealkylation sites (tertiary alicyclic amines) is 2. The molecule has 0 N–H and O–H groups in total. The van der Waals surface area contributed by atoms with Gasteiger partial charge in [0.05, 0.1) is 6.61 Å². The predicted octanol–water partition coefficient (Wildman–Crippen LogP) is 2.17. The Morgan fingerprint density at radius 1 is 1.08 bits per heavy atom. The van der Waals surface area contributed by atoms with Gasteiger partial charge in [0, 0.05) is 18.6 Å². The van der Waals surface area contributed by atoms with Crippen molar-refractivity contribution in [3.63, 3.8) is 0 Å². The van der Waals surface area contributed by atoms with Crippen LogP contribution in [0.5, 0.6) is 5.75 Å². The molecule has 2 fully saturated rings. The number of carbonyl (C=O) groups is 1. The highest BCUT2D eigenvalue weighted by molar-refractivity contribution is 5.78. The van der Waals surface area contributed by atoms with Gasteiger partial charge in [-0.1, -0.05) is 18.2 Å². The number of para-hydroxylation sites is 1. The Morgan fingerprint density at radius 2 is 1.83 bits per heavy atom. The van der Waals surface area contributed by atoms with Crippen LogP contribution in [0, 0.1) is 0 Å². The van der Waals surface area contributed by atoms with Crippen molar-refractivity contribution in [2.24, 2.45) is 0 Å². The minimum Gasteiger partial charge on any atom is -0.491 e. The second-order valence-corrected chi connectivity index (χ2v) is 6.70. The van der Waals surface area contributed by atoms with E-state index in [-0.39, 0.29) is 12.5 Å². The topological polar surface area (TPSA) is 42.0 Å². The molecule has 2 unspecified atom stereocenters. The van der Waals surface area contributed by atoms with Gasteiger partial charge in [0.2, 0.25) is 5.91 Å². The molecule has 5 nitrogen and oxygen atoms in total. The summed E-state index contributed by atoms with van der Waals surface area (Å²) in [5.74, 6) is 0.953. The minimum absolute atomic E-state index is 0.123. The molecule has 24 heavy (non-hydrogen) atoms. The van der Waals surface area contributed by atoms with Gasteiger partial charge in [-0.15, -0.1) is 0 Å². The number of hydrogen-bond donors (Lipinski definition) is 0. The van der Waals surface area contributed by atoms with Crippen LogP contribution < -0.4 is 4.74 Å². The molecule has 0 saturated carbocycles. The second kappa shape index (κ2) is 8.49. The average Bonchev–Trinajstić information content (AvgIpc) is 3.23. The summed E-state index contributed by atoms with van der Waals surface area (Å²) < 4.78 is 11.1. The number of hydrogen-bond acceptors (Lipinski definition) is 4. The second-order valence-electron chi connectivity index (χ2n) is 6.70. The molecule has 1 amide bonds. The summed E-state index contributed by atoms with van der Waals surface area (Å²) in [5.41, 5.74) is 0. The third kappa shape index (κ3) is 4.28. The summed E-state index contributed by atoms with van der Waals surface area (Å²) in [6.45, 7) is 3.08. The van der Waals surface area contributed by atoms with E-state index in [1.807, 2.05) is 35.2 Å². The Morgan fingerprint density at radius 3 is 2.58 bits per heavy atom. The van der Waals surface area contributed by atoms with Gasteiger partial charge in [-0.2, -0.15) is 0 Å². The molecule has 0 spiro atoms. The zero-order chi connectivity index (χ0) is 16.8. The molecule has 2 heterocycles. The zero-order valence-corrected chi connectivity index (χ0v) is 14.5. The fourth-order valence-corrected chi connectivity index (χ4v) is 3.90. The number of rotatable bonds is 7. The van der Waals surface area contributed by atoms with Crippen LogP contribution in [0.1, 0.15) is 25.7 Å². The van der Waals surface area contributed by atoms with E-state index in [1.54, 1.807) is 0 Å². The van der Waals surface area contributed by atoms with Crippen LogP contribution in [0.25, 0.3) is 0 Å². The maximum absolute atomic E-state index is 12.5. The van der Waals surface area contributed by atoms with Crippen molar-refractivity contribution in [2.45, 2.75) is 37.8 Å². The Labute approximate surface area is 144 Å². The Bertz CT molecular complexity index is 523. The van der Waals surface area contributed by atoms with E-state index in [9.17, 15) is 4.79 Å². The summed E-state index contributed by atoms with van der Waals surface area (Å²) in [4.78, 5) is 16.9. The van der Waals surface area contributed by atoms with Gasteiger partial charge < -0.3 is 19.3 Å². The van der Waals surface area contributed by atoms with E-state index in [0.717, 1.165) is 31.7 Å². The molecule has 2 atom stereocenters. The van der Waals surface area contributed by atoms with Crippen LogP contribution in [-0.4, -0.2) is 67.7 Å². The first-order chi connectivity index (χ1) is 11.8. The third-order valence-corrected chi connectivity index (χ3v) is 5.11. The molecule has 3 rings (SSSR count). The van der Waals surface area contributed by atoms with Crippen LogP contribution in [0.2, 0.25) is 0 Å². The highest BCUT2D eigenvalue weighted by atomic mass is 16.5. The summed E-state index contributed by atoms with van der Waals surface area (Å²) >= 11 is 0. The molecular weight excluding hydrogens is 304 g/mol. The van der Waals surface area contributed by atoms with Gasteiger partial charge in [-0.25, -0.2) is 0 Å². The van der Waals surface area contributed by atoms with Gasteiger partial charge in [-0.3, -0.25) is 4.79 Å². The van der Waals surface area contributed by atoms with E-state index in [1.165, 1.54) is 12.8 Å². The van der Waals surface area contributed by atoms with Gasteiger partial charge in [-0.05, 0) is 51.4 Å². The number of ether oxygens (including phenoxy) is 2. The zero-order valence-electron chi connectivity index (χ0n) is 14.5. The molecule has 132 valence electrons. The van der Waals surface area contributed by atoms with E-state index < -0.39 is 0 Å². The number of amides is 1. The molecule has 0 bridgehead atoms. The van der Waals surface area contributed by atoms with E-state index >= 15 is 0 Å². The summed E-state index contributed by atoms with van der Waals surface area (Å²) in [5, 5.41) is 0. The SMILES string of the molecule is CN1CCCC1C1CCCN1C(=O)COCCOc1ccccc1. The van der Waals surface area contributed by atoms with Gasteiger partial charge in [0.1, 0.15) is 19.0 Å². The molecule has 2 aliphatic rings. The fourth-order valence-electron chi connectivity index (χ4n) is 3.90. The van der Waals surface area contributed by atoms with Crippen molar-refractivity contribution in [3.8, 4) is 5.75 Å². The molecule has 2 aliphatic heterocycles. The highest BCUT2D eigenvalue weighted by Gasteiger charge is 2.38. The fraction of sp³-hybridized carbons (Fsp3) is 0.632. The summed E-state index contributed by atoms with van der Waals surface area (Å²) in [6, 6.07) is 10.6. The maximum Gasteiger partial charge on any atom is 0.248 e. The largest absolute Gasteiger partial charge is 0.491 e. The number of benzene rings is 1. The lowest BCUT2D eigenvalue weighted by Gasteiger charge is -2.33. The van der Waals surface area contributed by atoms with Crippen molar-refractivity contribution in [3.05, 3.63) is 30.3 Å². The molecule has 0 aliphatic carbocycles. The van der Waals surface area contributed by atoms with Crippen LogP contribution in [-0.2, 0) is 9.53 Å². The molecule has 0 radical (unpaired) electrons. The van der Waals surface area contributed by atoms with Crippen molar-refractivity contribution in [2.75, 3.05) is 40.0 Å². The number of nitrogens with zero attached hydrogens (tertiary/aromatic N) is 2. The third-order valence-electron chi connectivity index (χ3n) is 5.11. The first kappa shape index (κ1) is 17.2. The van der Waals surface area contributed by atoms with E-state index in [0.29, 0.717) is 25.3 Å². The predicted molar refractivity (Wildman–Crippen MR) is 93.1 cm³/mol. The molecule has 1 aromatic rings. The highest BCUT2D eigenvalue weighted by Crippen LogP contribution is 2.29. The summed E-state index contributed by atoms with van der Waals surface area (Å²) in [6.07, 6.45) is 4.68. The minimum atomic E-state index is 0.123. The lowest BCUT2D eigenvalue weighted by atomic mass is 10.0. The van der Waals surface area contributed by atoms with E-state index in [4.69, 9.17) is 9.47 Å². The van der Waals surface area contributed by atoms with Crippen molar-refractivity contribution >= 4 is 5.91 Å². The average molecular weight is 332 g/mol. The first-order valence-electron chi connectivity index (χ1n) is 9.01. The van der Waals surface area contributed by atoms with Crippen LogP contribution in [0.4, 0.5) is 0 Å². The van der Waals surface area contributed by atoms with E-state index in [2.05, 4.69) is 11.9 Å². The Balaban J connectivity index is 1.38. The number of likely N-dealkylation sites (N-methyl/N-ethyl adjacent to an activating group) is 1.